The number of rotatable bonds is 4. The number of piperidine rings is 1. The number of hydrogen-bond acceptors (Lipinski definition) is 5. The van der Waals surface area contributed by atoms with Crippen LogP contribution in [-0.2, 0) is 0 Å². The van der Waals surface area contributed by atoms with E-state index in [1.807, 2.05) is 23.4 Å². The molecule has 3 aromatic rings. The molecule has 0 spiro atoms. The predicted octanol–water partition coefficient (Wildman–Crippen LogP) is 1.86. The normalized spacial score (nSPS) is 17.6. The molecule has 2 heterocycles. The molecule has 2 aromatic carbocycles. The fourth-order valence-electron chi connectivity index (χ4n) is 3.65. The van der Waals surface area contributed by atoms with Crippen LogP contribution in [0.15, 0.2) is 54.7 Å². The lowest BCUT2D eigenvalue weighted by Crippen LogP contribution is -2.79. The van der Waals surface area contributed by atoms with Crippen LogP contribution in [0.5, 0.6) is 0 Å². The molecule has 6 nitrogen and oxygen atoms in total. The second kappa shape index (κ2) is 7.04. The fourth-order valence-corrected chi connectivity index (χ4v) is 3.65. The van der Waals surface area contributed by atoms with Gasteiger partial charge in [0.2, 0.25) is 12.0 Å². The van der Waals surface area contributed by atoms with Crippen molar-refractivity contribution in [2.45, 2.75) is 31.4 Å². The van der Waals surface area contributed by atoms with Gasteiger partial charge in [-0.1, -0.05) is 36.4 Å². The molecule has 27 heavy (non-hydrogen) atoms. The zero-order valence-corrected chi connectivity index (χ0v) is 15.3. The van der Waals surface area contributed by atoms with Crippen LogP contribution in [-0.4, -0.2) is 39.8 Å². The van der Waals surface area contributed by atoms with Crippen molar-refractivity contribution in [3.05, 3.63) is 59.6 Å². The van der Waals surface area contributed by atoms with Crippen molar-refractivity contribution < 1.29 is 10.3 Å². The summed E-state index contributed by atoms with van der Waals surface area (Å²) in [6.07, 6.45) is 2.79. The Kier molecular flexibility index (Phi) is 4.58. The number of aromatic nitrogens is 2. The minimum Gasteiger partial charge on any atom is -0.383 e. The zero-order valence-electron chi connectivity index (χ0n) is 15.3. The molecule has 0 amide bonds. The van der Waals surface area contributed by atoms with Gasteiger partial charge in [0.15, 0.2) is 0 Å². The Bertz CT molecular complexity index is 967. The Balaban J connectivity index is 1.57. The molecule has 1 aromatic heterocycles. The molecule has 138 valence electrons. The van der Waals surface area contributed by atoms with E-state index in [4.69, 9.17) is 4.98 Å². The first-order valence-corrected chi connectivity index (χ1v) is 9.26. The number of fused-ring (bicyclic) bond motifs is 1. The van der Waals surface area contributed by atoms with Crippen LogP contribution in [0.4, 0.5) is 5.95 Å². The van der Waals surface area contributed by atoms with E-state index in [2.05, 4.69) is 40.2 Å². The second-order valence-electron chi connectivity index (χ2n) is 7.23. The number of benzene rings is 2. The highest BCUT2D eigenvalue weighted by atomic mass is 16.3. The lowest BCUT2D eigenvalue weighted by Gasteiger charge is -2.37. The minimum atomic E-state index is -0.978. The van der Waals surface area contributed by atoms with Gasteiger partial charge in [-0.25, -0.2) is 9.97 Å². The third-order valence-corrected chi connectivity index (χ3v) is 5.58. The summed E-state index contributed by atoms with van der Waals surface area (Å²) < 4.78 is 0. The predicted molar refractivity (Wildman–Crippen MR) is 105 cm³/mol. The monoisotopic (exact) mass is 363 g/mol. The quantitative estimate of drug-likeness (QED) is 0.740. The van der Waals surface area contributed by atoms with E-state index in [0.29, 0.717) is 31.9 Å². The summed E-state index contributed by atoms with van der Waals surface area (Å²) in [5, 5.41) is 14.9. The van der Waals surface area contributed by atoms with Gasteiger partial charge in [0, 0.05) is 49.5 Å². The third kappa shape index (κ3) is 3.40. The standard InChI is InChI=1S/C21H22N4O2/c1-15(24-27)21(26)9-12-25(13-10-21)20-22-11-8-19(23-20)18-7-6-16-4-2-3-5-17(16)14-18/h2-8,11,14-15,26H,9-10,12-13H2,1H3/p+1. The SMILES string of the molecule is CC([NH+]=O)C1(O)CCN(c2nccc(-c3ccc4ccccc4c3)n2)CC1. The largest absolute Gasteiger partial charge is 0.383 e. The maximum Gasteiger partial charge on any atom is 0.225 e. The second-order valence-corrected chi connectivity index (χ2v) is 7.23. The molecule has 0 radical (unpaired) electrons. The van der Waals surface area contributed by atoms with E-state index in [9.17, 15) is 10.0 Å². The molecular formula is C21H23N4O2+. The van der Waals surface area contributed by atoms with E-state index in [0.717, 1.165) is 11.3 Å². The number of aliphatic hydroxyl groups is 1. The molecule has 1 atom stereocenters. The van der Waals surface area contributed by atoms with Crippen LogP contribution >= 0.6 is 0 Å². The van der Waals surface area contributed by atoms with E-state index in [-0.39, 0.29) is 0 Å². The molecule has 0 aliphatic carbocycles. The van der Waals surface area contributed by atoms with Gasteiger partial charge in [-0.2, -0.15) is 0 Å². The average Bonchev–Trinajstić information content (AvgIpc) is 2.73. The van der Waals surface area contributed by atoms with Gasteiger partial charge in [0.1, 0.15) is 5.60 Å². The van der Waals surface area contributed by atoms with E-state index >= 15 is 0 Å². The lowest BCUT2D eigenvalue weighted by atomic mass is 9.85. The zero-order chi connectivity index (χ0) is 18.9. The maximum atomic E-state index is 10.9. The number of nitrogens with one attached hydrogen (secondary N) is 1. The average molecular weight is 363 g/mol. The molecule has 1 aliphatic rings. The van der Waals surface area contributed by atoms with Crippen molar-refractivity contribution in [2.24, 2.45) is 0 Å². The summed E-state index contributed by atoms with van der Waals surface area (Å²) in [6, 6.07) is 16.0. The van der Waals surface area contributed by atoms with E-state index in [1.165, 1.54) is 10.8 Å². The molecule has 0 saturated carbocycles. The first-order chi connectivity index (χ1) is 13.1. The Morgan fingerprint density at radius 1 is 1.11 bits per heavy atom. The molecule has 6 heteroatoms. The summed E-state index contributed by atoms with van der Waals surface area (Å²) in [7, 11) is 0. The fraction of sp³-hybridized carbons (Fsp3) is 0.333. The third-order valence-electron chi connectivity index (χ3n) is 5.58. The molecule has 1 unspecified atom stereocenters. The molecule has 0 bridgehead atoms. The van der Waals surface area contributed by atoms with Crippen LogP contribution in [0, 0.1) is 4.91 Å². The maximum absolute atomic E-state index is 10.9. The lowest BCUT2D eigenvalue weighted by molar-refractivity contribution is -0.545. The van der Waals surface area contributed by atoms with E-state index in [1.54, 1.807) is 13.1 Å². The van der Waals surface area contributed by atoms with Crippen molar-refractivity contribution in [1.29, 1.82) is 0 Å². The summed E-state index contributed by atoms with van der Waals surface area (Å²) in [5.41, 5.74) is 0.949. The summed E-state index contributed by atoms with van der Waals surface area (Å²) >= 11 is 0. The van der Waals surface area contributed by atoms with Gasteiger partial charge >= 0.3 is 0 Å². The molecule has 4 rings (SSSR count). The highest BCUT2D eigenvalue weighted by Crippen LogP contribution is 2.28. The van der Waals surface area contributed by atoms with Crippen LogP contribution < -0.4 is 10.1 Å². The van der Waals surface area contributed by atoms with Gasteiger partial charge in [-0.3, -0.25) is 0 Å². The minimum absolute atomic E-state index is 0.482. The van der Waals surface area contributed by atoms with Crippen LogP contribution in [0.1, 0.15) is 19.8 Å². The van der Waals surface area contributed by atoms with Crippen molar-refractivity contribution in [3.8, 4) is 11.3 Å². The van der Waals surface area contributed by atoms with Crippen molar-refractivity contribution in [1.82, 2.24) is 9.97 Å². The number of nitroso groups, excluding NO2 is 1. The number of anilines is 1. The van der Waals surface area contributed by atoms with Gasteiger partial charge in [-0.15, -0.1) is 0 Å². The van der Waals surface area contributed by atoms with Crippen molar-refractivity contribution in [3.63, 3.8) is 0 Å². The Hall–Kier alpha value is -2.86. The molecule has 1 aliphatic heterocycles. The first-order valence-electron chi connectivity index (χ1n) is 9.26. The first kappa shape index (κ1) is 17.5. The number of hydrogen-bond donors (Lipinski definition) is 2. The Morgan fingerprint density at radius 2 is 1.85 bits per heavy atom. The van der Waals surface area contributed by atoms with Crippen molar-refractivity contribution >= 4 is 16.7 Å². The Labute approximate surface area is 157 Å². The summed E-state index contributed by atoms with van der Waals surface area (Å²) in [4.78, 5) is 22.2. The van der Waals surface area contributed by atoms with Gasteiger partial charge in [0.25, 0.3) is 0 Å². The molecule has 1 saturated heterocycles. The van der Waals surface area contributed by atoms with Gasteiger partial charge in [0.05, 0.1) is 5.69 Å². The molecular weight excluding hydrogens is 340 g/mol. The Morgan fingerprint density at radius 3 is 2.59 bits per heavy atom. The topological polar surface area (TPSA) is 80.3 Å². The molecule has 2 N–H and O–H groups in total. The van der Waals surface area contributed by atoms with Crippen molar-refractivity contribution in [2.75, 3.05) is 18.0 Å². The van der Waals surface area contributed by atoms with Gasteiger partial charge < -0.3 is 10.0 Å². The van der Waals surface area contributed by atoms with Crippen LogP contribution in [0.3, 0.4) is 0 Å². The number of nitrogens with zero attached hydrogens (tertiary/aromatic N) is 3. The van der Waals surface area contributed by atoms with Crippen LogP contribution in [0.2, 0.25) is 0 Å². The smallest absolute Gasteiger partial charge is 0.225 e. The van der Waals surface area contributed by atoms with Gasteiger partial charge in [-0.05, 0) is 28.1 Å². The highest BCUT2D eigenvalue weighted by Gasteiger charge is 2.42. The molecule has 1 fully saturated rings. The highest BCUT2D eigenvalue weighted by molar-refractivity contribution is 5.86. The van der Waals surface area contributed by atoms with Crippen LogP contribution in [0.25, 0.3) is 22.0 Å². The summed E-state index contributed by atoms with van der Waals surface area (Å²) in [5.74, 6) is 0.658. The van der Waals surface area contributed by atoms with E-state index < -0.39 is 11.6 Å². The summed E-state index contributed by atoms with van der Waals surface area (Å²) in [6.45, 7) is 2.95.